The van der Waals surface area contributed by atoms with E-state index in [1.54, 1.807) is 11.8 Å². The molecule has 0 radical (unpaired) electrons. The molecule has 0 aromatic heterocycles. The number of carbonyl (C=O) groups is 1. The quantitative estimate of drug-likeness (QED) is 0.725. The summed E-state index contributed by atoms with van der Waals surface area (Å²) in [6, 6.07) is 7.58. The Balaban J connectivity index is 2.66. The van der Waals surface area contributed by atoms with E-state index in [2.05, 4.69) is 24.5 Å². The van der Waals surface area contributed by atoms with Crippen LogP contribution in [0.15, 0.2) is 24.3 Å². The Kier molecular flexibility index (Phi) is 7.47. The number of benzene rings is 1. The average Bonchev–Trinajstić information content (AvgIpc) is 2.39. The first-order chi connectivity index (χ1) is 9.58. The second kappa shape index (κ2) is 8.87. The molecule has 0 saturated carbocycles. The van der Waals surface area contributed by atoms with Crippen LogP contribution in [0.2, 0.25) is 0 Å². The first-order valence-corrected chi connectivity index (χ1v) is 8.24. The zero-order valence-corrected chi connectivity index (χ0v) is 13.2. The second-order valence-electron chi connectivity index (χ2n) is 5.00. The number of amides is 2. The molecule has 3 N–H and O–H groups in total. The van der Waals surface area contributed by atoms with E-state index in [1.165, 1.54) is 0 Å². The number of anilines is 1. The number of aliphatic hydroxyl groups excluding tert-OH is 1. The Hall–Kier alpha value is -1.20. The third kappa shape index (κ3) is 5.43. The van der Waals surface area contributed by atoms with Crippen molar-refractivity contribution in [2.75, 3.05) is 23.9 Å². The molecule has 0 spiro atoms. The molecule has 1 atom stereocenters. The first kappa shape index (κ1) is 16.9. The van der Waals surface area contributed by atoms with E-state index in [0.29, 0.717) is 12.3 Å². The van der Waals surface area contributed by atoms with Gasteiger partial charge in [-0.15, -0.1) is 0 Å². The van der Waals surface area contributed by atoms with Gasteiger partial charge >= 0.3 is 6.03 Å². The predicted molar refractivity (Wildman–Crippen MR) is 86.6 cm³/mol. The van der Waals surface area contributed by atoms with Crippen LogP contribution in [0, 0.1) is 0 Å². The number of carbonyl (C=O) groups excluding carboxylic acids is 1. The molecule has 0 aliphatic rings. The number of aliphatic hydroxyl groups is 1. The van der Waals surface area contributed by atoms with Crippen molar-refractivity contribution in [2.45, 2.75) is 32.2 Å². The lowest BCUT2D eigenvalue weighted by atomic mass is 10.0. The van der Waals surface area contributed by atoms with Gasteiger partial charge in [0.25, 0.3) is 0 Å². The molecule has 0 bridgehead atoms. The molecule has 1 aromatic carbocycles. The molecule has 1 aromatic rings. The Bertz CT molecular complexity index is 418. The first-order valence-electron chi connectivity index (χ1n) is 6.84. The minimum absolute atomic E-state index is 0.0128. The highest BCUT2D eigenvalue weighted by Gasteiger charge is 2.13. The summed E-state index contributed by atoms with van der Waals surface area (Å²) in [6.07, 6.45) is 2.55. The van der Waals surface area contributed by atoms with Crippen LogP contribution < -0.4 is 10.6 Å². The summed E-state index contributed by atoms with van der Waals surface area (Å²) in [5.41, 5.74) is 1.96. The average molecular weight is 296 g/mol. The SMILES string of the molecule is CSCC(CCO)NC(=O)Nc1ccccc1C(C)C. The molecule has 5 heteroatoms. The Labute approximate surface area is 125 Å². The van der Waals surface area contributed by atoms with Crippen molar-refractivity contribution in [1.29, 1.82) is 0 Å². The van der Waals surface area contributed by atoms with E-state index >= 15 is 0 Å². The van der Waals surface area contributed by atoms with Gasteiger partial charge in [0.15, 0.2) is 0 Å². The van der Waals surface area contributed by atoms with E-state index in [9.17, 15) is 4.79 Å². The van der Waals surface area contributed by atoms with Gasteiger partial charge in [-0.1, -0.05) is 32.0 Å². The van der Waals surface area contributed by atoms with Crippen LogP contribution >= 0.6 is 11.8 Å². The van der Waals surface area contributed by atoms with Crippen LogP contribution in [0.25, 0.3) is 0 Å². The molecule has 0 saturated heterocycles. The molecule has 0 fully saturated rings. The molecule has 1 rings (SSSR count). The van der Waals surface area contributed by atoms with Gasteiger partial charge in [0, 0.05) is 24.1 Å². The molecule has 0 aliphatic carbocycles. The number of para-hydroxylation sites is 1. The van der Waals surface area contributed by atoms with Crippen molar-refractivity contribution in [3.63, 3.8) is 0 Å². The number of urea groups is 1. The van der Waals surface area contributed by atoms with E-state index in [1.807, 2.05) is 30.5 Å². The largest absolute Gasteiger partial charge is 0.396 e. The van der Waals surface area contributed by atoms with Gasteiger partial charge in [-0.05, 0) is 30.2 Å². The minimum atomic E-state index is -0.217. The summed E-state index contributed by atoms with van der Waals surface area (Å²) in [7, 11) is 0. The summed E-state index contributed by atoms with van der Waals surface area (Å²) in [4.78, 5) is 12.0. The summed E-state index contributed by atoms with van der Waals surface area (Å²) in [6.45, 7) is 4.27. The molecular formula is C15H24N2O2S. The van der Waals surface area contributed by atoms with Crippen LogP contribution in [0.5, 0.6) is 0 Å². The Morgan fingerprint density at radius 2 is 2.05 bits per heavy atom. The zero-order chi connectivity index (χ0) is 15.0. The van der Waals surface area contributed by atoms with E-state index in [4.69, 9.17) is 5.11 Å². The smallest absolute Gasteiger partial charge is 0.319 e. The topological polar surface area (TPSA) is 61.4 Å². The van der Waals surface area contributed by atoms with Crippen molar-refractivity contribution in [2.24, 2.45) is 0 Å². The normalized spacial score (nSPS) is 12.2. The lowest BCUT2D eigenvalue weighted by Crippen LogP contribution is -2.40. The maximum Gasteiger partial charge on any atom is 0.319 e. The molecular weight excluding hydrogens is 272 g/mol. The highest BCUT2D eigenvalue weighted by atomic mass is 32.2. The van der Waals surface area contributed by atoms with E-state index in [0.717, 1.165) is 17.0 Å². The maximum atomic E-state index is 12.0. The van der Waals surface area contributed by atoms with Gasteiger partial charge in [-0.3, -0.25) is 0 Å². The molecule has 1 unspecified atom stereocenters. The van der Waals surface area contributed by atoms with E-state index < -0.39 is 0 Å². The fraction of sp³-hybridized carbons (Fsp3) is 0.533. The monoisotopic (exact) mass is 296 g/mol. The lowest BCUT2D eigenvalue weighted by molar-refractivity contribution is 0.241. The summed E-state index contributed by atoms with van der Waals surface area (Å²) >= 11 is 1.65. The number of hydrogen-bond acceptors (Lipinski definition) is 3. The molecule has 4 nitrogen and oxygen atoms in total. The standard InChI is InChI=1S/C15H24N2O2S/c1-11(2)13-6-4-5-7-14(13)17-15(19)16-12(8-9-18)10-20-3/h4-7,11-12,18H,8-10H2,1-3H3,(H2,16,17,19). The van der Waals surface area contributed by atoms with Crippen molar-refractivity contribution in [3.05, 3.63) is 29.8 Å². The number of rotatable bonds is 7. The molecule has 112 valence electrons. The van der Waals surface area contributed by atoms with Crippen molar-refractivity contribution in [3.8, 4) is 0 Å². The van der Waals surface area contributed by atoms with Crippen LogP contribution in [0.3, 0.4) is 0 Å². The van der Waals surface area contributed by atoms with Gasteiger partial charge in [0.05, 0.1) is 0 Å². The summed E-state index contributed by atoms with van der Waals surface area (Å²) in [5, 5.41) is 14.8. The zero-order valence-electron chi connectivity index (χ0n) is 12.3. The van der Waals surface area contributed by atoms with Crippen LogP contribution in [0.4, 0.5) is 10.5 Å². The van der Waals surface area contributed by atoms with Gasteiger partial charge in [0.1, 0.15) is 0 Å². The predicted octanol–water partition coefficient (Wildman–Crippen LogP) is 3.05. The summed E-state index contributed by atoms with van der Waals surface area (Å²) < 4.78 is 0. The van der Waals surface area contributed by atoms with Crippen LogP contribution in [-0.2, 0) is 0 Å². The fourth-order valence-corrected chi connectivity index (χ4v) is 2.66. The summed E-state index contributed by atoms with van der Waals surface area (Å²) in [5.74, 6) is 1.14. The van der Waals surface area contributed by atoms with Crippen LogP contribution in [0.1, 0.15) is 31.7 Å². The number of nitrogens with one attached hydrogen (secondary N) is 2. The van der Waals surface area contributed by atoms with Crippen molar-refractivity contribution >= 4 is 23.5 Å². The minimum Gasteiger partial charge on any atom is -0.396 e. The maximum absolute atomic E-state index is 12.0. The molecule has 20 heavy (non-hydrogen) atoms. The Morgan fingerprint density at radius 1 is 1.35 bits per heavy atom. The van der Waals surface area contributed by atoms with Gasteiger partial charge in [-0.2, -0.15) is 11.8 Å². The highest BCUT2D eigenvalue weighted by Crippen LogP contribution is 2.23. The van der Waals surface area contributed by atoms with Crippen molar-refractivity contribution in [1.82, 2.24) is 5.32 Å². The van der Waals surface area contributed by atoms with Crippen molar-refractivity contribution < 1.29 is 9.90 Å². The molecule has 0 aliphatic heterocycles. The van der Waals surface area contributed by atoms with Crippen LogP contribution in [-0.4, -0.2) is 35.8 Å². The van der Waals surface area contributed by atoms with Gasteiger partial charge in [0.2, 0.25) is 0 Å². The Morgan fingerprint density at radius 3 is 2.65 bits per heavy atom. The lowest BCUT2D eigenvalue weighted by Gasteiger charge is -2.19. The second-order valence-corrected chi connectivity index (χ2v) is 5.92. The van der Waals surface area contributed by atoms with Gasteiger partial charge in [-0.25, -0.2) is 4.79 Å². The molecule has 0 heterocycles. The van der Waals surface area contributed by atoms with Gasteiger partial charge < -0.3 is 15.7 Å². The third-order valence-corrected chi connectivity index (χ3v) is 3.75. The van der Waals surface area contributed by atoms with E-state index in [-0.39, 0.29) is 18.7 Å². The third-order valence-electron chi connectivity index (χ3n) is 3.01. The fourth-order valence-electron chi connectivity index (χ4n) is 2.01. The highest BCUT2D eigenvalue weighted by molar-refractivity contribution is 7.98. The number of thioether (sulfide) groups is 1. The molecule has 2 amide bonds. The number of hydrogen-bond donors (Lipinski definition) is 3.